The van der Waals surface area contributed by atoms with Crippen molar-refractivity contribution in [2.75, 3.05) is 7.11 Å². The number of aliphatic carboxylic acids is 1. The smallest absolute Gasteiger partial charge is 0.320 e. The van der Waals surface area contributed by atoms with Gasteiger partial charge in [-0.2, -0.15) is 0 Å². The SMILES string of the molecule is COc1cc(CC(N)C(=O)O)c(C)c(C)c1O. The van der Waals surface area contributed by atoms with E-state index in [1.807, 2.05) is 6.92 Å². The highest BCUT2D eigenvalue weighted by Gasteiger charge is 2.17. The Morgan fingerprint density at radius 3 is 2.53 bits per heavy atom. The first-order chi connectivity index (χ1) is 7.88. The lowest BCUT2D eigenvalue weighted by atomic mass is 9.96. The molecule has 0 amide bonds. The van der Waals surface area contributed by atoms with E-state index in [1.54, 1.807) is 13.0 Å². The number of ether oxygens (including phenoxy) is 1. The molecule has 5 heteroatoms. The average Bonchev–Trinajstić information content (AvgIpc) is 2.29. The van der Waals surface area contributed by atoms with E-state index < -0.39 is 12.0 Å². The maximum absolute atomic E-state index is 10.7. The Hall–Kier alpha value is -1.75. The molecule has 0 aliphatic rings. The van der Waals surface area contributed by atoms with Crippen LogP contribution in [-0.2, 0) is 11.2 Å². The van der Waals surface area contributed by atoms with Crippen LogP contribution in [0.5, 0.6) is 11.5 Å². The number of hydrogen-bond acceptors (Lipinski definition) is 4. The Balaban J connectivity index is 3.16. The van der Waals surface area contributed by atoms with Crippen LogP contribution in [0.3, 0.4) is 0 Å². The summed E-state index contributed by atoms with van der Waals surface area (Å²) in [5.74, 6) is -0.632. The van der Waals surface area contributed by atoms with Crippen LogP contribution < -0.4 is 10.5 Å². The summed E-state index contributed by atoms with van der Waals surface area (Å²) in [4.78, 5) is 10.7. The van der Waals surface area contributed by atoms with Crippen molar-refractivity contribution in [3.05, 3.63) is 22.8 Å². The van der Waals surface area contributed by atoms with Gasteiger partial charge in [-0.05, 0) is 43.0 Å². The normalized spacial score (nSPS) is 12.2. The predicted octanol–water partition coefficient (Wildman–Crippen LogP) is 0.972. The molecule has 1 aromatic rings. The number of benzene rings is 1. The van der Waals surface area contributed by atoms with Crippen molar-refractivity contribution in [2.45, 2.75) is 26.3 Å². The molecule has 4 N–H and O–H groups in total. The fourth-order valence-corrected chi connectivity index (χ4v) is 1.63. The number of phenols is 1. The Morgan fingerprint density at radius 2 is 2.06 bits per heavy atom. The summed E-state index contributed by atoms with van der Waals surface area (Å²) in [6.07, 6.45) is 0.207. The summed E-state index contributed by atoms with van der Waals surface area (Å²) in [5.41, 5.74) is 7.78. The van der Waals surface area contributed by atoms with Gasteiger partial charge < -0.3 is 20.7 Å². The average molecular weight is 239 g/mol. The lowest BCUT2D eigenvalue weighted by Crippen LogP contribution is -2.32. The fraction of sp³-hybridized carbons (Fsp3) is 0.417. The molecule has 1 rings (SSSR count). The topological polar surface area (TPSA) is 92.8 Å². The molecule has 0 aromatic heterocycles. The van der Waals surface area contributed by atoms with Crippen LogP contribution in [0, 0.1) is 13.8 Å². The third-order valence-electron chi connectivity index (χ3n) is 2.92. The van der Waals surface area contributed by atoms with Gasteiger partial charge in [0.15, 0.2) is 11.5 Å². The number of carboxylic acids is 1. The minimum atomic E-state index is -1.05. The van der Waals surface area contributed by atoms with Crippen LogP contribution in [0.15, 0.2) is 6.07 Å². The molecular formula is C12H17NO4. The second kappa shape index (κ2) is 5.05. The van der Waals surface area contributed by atoms with E-state index in [1.165, 1.54) is 7.11 Å². The molecule has 0 aliphatic heterocycles. The molecule has 1 unspecified atom stereocenters. The van der Waals surface area contributed by atoms with Gasteiger partial charge in [-0.15, -0.1) is 0 Å². The molecular weight excluding hydrogens is 222 g/mol. The summed E-state index contributed by atoms with van der Waals surface area (Å²) in [5, 5.41) is 18.6. The number of carbonyl (C=O) groups is 1. The Bertz CT molecular complexity index is 443. The number of hydrogen-bond donors (Lipinski definition) is 3. The van der Waals surface area contributed by atoms with E-state index >= 15 is 0 Å². The molecule has 0 saturated heterocycles. The van der Waals surface area contributed by atoms with Crippen LogP contribution in [0.4, 0.5) is 0 Å². The molecule has 0 aliphatic carbocycles. The zero-order valence-corrected chi connectivity index (χ0v) is 10.2. The highest BCUT2D eigenvalue weighted by atomic mass is 16.5. The zero-order valence-electron chi connectivity index (χ0n) is 10.2. The highest BCUT2D eigenvalue weighted by Crippen LogP contribution is 2.34. The minimum absolute atomic E-state index is 0.0812. The van der Waals surface area contributed by atoms with Crippen molar-refractivity contribution < 1.29 is 19.7 Å². The van der Waals surface area contributed by atoms with Crippen LogP contribution in [-0.4, -0.2) is 29.3 Å². The largest absolute Gasteiger partial charge is 0.504 e. The molecule has 0 fully saturated rings. The van der Waals surface area contributed by atoms with Gasteiger partial charge in [0.25, 0.3) is 0 Å². The third kappa shape index (κ3) is 2.68. The maximum atomic E-state index is 10.7. The van der Waals surface area contributed by atoms with Crippen molar-refractivity contribution in [1.82, 2.24) is 0 Å². The molecule has 17 heavy (non-hydrogen) atoms. The molecule has 0 bridgehead atoms. The molecule has 94 valence electrons. The Labute approximate surface area is 99.8 Å². The first-order valence-electron chi connectivity index (χ1n) is 5.22. The van der Waals surface area contributed by atoms with Gasteiger partial charge in [-0.25, -0.2) is 0 Å². The standard InChI is InChI=1S/C12H17NO4/c1-6-7(2)11(14)10(17-3)5-8(6)4-9(13)12(15)16/h5,9,14H,4,13H2,1-3H3,(H,15,16). The quantitative estimate of drug-likeness (QED) is 0.728. The highest BCUT2D eigenvalue weighted by molar-refractivity contribution is 5.73. The molecule has 1 atom stereocenters. The van der Waals surface area contributed by atoms with Gasteiger partial charge in [0.1, 0.15) is 6.04 Å². The van der Waals surface area contributed by atoms with Gasteiger partial charge >= 0.3 is 5.97 Å². The summed E-state index contributed by atoms with van der Waals surface area (Å²) >= 11 is 0. The van der Waals surface area contributed by atoms with Gasteiger partial charge in [0.2, 0.25) is 0 Å². The number of phenolic OH excluding ortho intramolecular Hbond substituents is 1. The molecule has 0 heterocycles. The van der Waals surface area contributed by atoms with Gasteiger partial charge in [-0.1, -0.05) is 0 Å². The maximum Gasteiger partial charge on any atom is 0.320 e. The van der Waals surface area contributed by atoms with Crippen molar-refractivity contribution >= 4 is 5.97 Å². The van der Waals surface area contributed by atoms with E-state index in [2.05, 4.69) is 0 Å². The van der Waals surface area contributed by atoms with E-state index in [9.17, 15) is 9.90 Å². The number of nitrogens with two attached hydrogens (primary N) is 1. The summed E-state index contributed by atoms with van der Waals surface area (Å²) in [6, 6.07) is 0.669. The fourth-order valence-electron chi connectivity index (χ4n) is 1.63. The van der Waals surface area contributed by atoms with Gasteiger partial charge in [0, 0.05) is 0 Å². The van der Waals surface area contributed by atoms with Crippen LogP contribution in [0.2, 0.25) is 0 Å². The van der Waals surface area contributed by atoms with E-state index in [-0.39, 0.29) is 12.2 Å². The lowest BCUT2D eigenvalue weighted by molar-refractivity contribution is -0.138. The number of aromatic hydroxyl groups is 1. The monoisotopic (exact) mass is 239 g/mol. The molecule has 1 aromatic carbocycles. The van der Waals surface area contributed by atoms with Gasteiger partial charge in [-0.3, -0.25) is 4.79 Å². The van der Waals surface area contributed by atoms with Crippen molar-refractivity contribution in [2.24, 2.45) is 5.73 Å². The first kappa shape index (κ1) is 13.3. The Kier molecular flexibility index (Phi) is 3.96. The zero-order chi connectivity index (χ0) is 13.2. The van der Waals surface area contributed by atoms with E-state index in [0.717, 1.165) is 11.1 Å². The lowest BCUT2D eigenvalue weighted by Gasteiger charge is -2.15. The minimum Gasteiger partial charge on any atom is -0.504 e. The summed E-state index contributed by atoms with van der Waals surface area (Å²) in [6.45, 7) is 3.57. The number of carboxylic acid groups (broad SMARTS) is 1. The van der Waals surface area contributed by atoms with E-state index in [4.69, 9.17) is 15.6 Å². The molecule has 0 radical (unpaired) electrons. The van der Waals surface area contributed by atoms with Crippen molar-refractivity contribution in [1.29, 1.82) is 0 Å². The first-order valence-corrected chi connectivity index (χ1v) is 5.22. The predicted molar refractivity (Wildman–Crippen MR) is 63.4 cm³/mol. The molecule has 0 saturated carbocycles. The van der Waals surface area contributed by atoms with Crippen LogP contribution >= 0.6 is 0 Å². The second-order valence-electron chi connectivity index (χ2n) is 3.99. The van der Waals surface area contributed by atoms with E-state index in [0.29, 0.717) is 11.3 Å². The number of methoxy groups -OCH3 is 1. The summed E-state index contributed by atoms with van der Waals surface area (Å²) < 4.78 is 5.03. The van der Waals surface area contributed by atoms with Gasteiger partial charge in [0.05, 0.1) is 7.11 Å². The molecule has 5 nitrogen and oxygen atoms in total. The number of rotatable bonds is 4. The third-order valence-corrected chi connectivity index (χ3v) is 2.92. The van der Waals surface area contributed by atoms with Crippen LogP contribution in [0.25, 0.3) is 0 Å². The summed E-state index contributed by atoms with van der Waals surface area (Å²) in [7, 11) is 1.45. The Morgan fingerprint density at radius 1 is 1.47 bits per heavy atom. The van der Waals surface area contributed by atoms with Crippen molar-refractivity contribution in [3.63, 3.8) is 0 Å². The second-order valence-corrected chi connectivity index (χ2v) is 3.99. The molecule has 0 spiro atoms. The van der Waals surface area contributed by atoms with Crippen LogP contribution in [0.1, 0.15) is 16.7 Å². The van der Waals surface area contributed by atoms with Crippen molar-refractivity contribution in [3.8, 4) is 11.5 Å².